The van der Waals surface area contributed by atoms with Gasteiger partial charge < -0.3 is 10.2 Å². The van der Waals surface area contributed by atoms with E-state index in [0.717, 1.165) is 35.2 Å². The Labute approximate surface area is 157 Å². The normalized spacial score (nSPS) is 14.1. The van der Waals surface area contributed by atoms with E-state index in [9.17, 15) is 4.79 Å². The summed E-state index contributed by atoms with van der Waals surface area (Å²) in [4.78, 5) is 14.5. The Hall–Kier alpha value is -1.62. The fourth-order valence-electron chi connectivity index (χ4n) is 2.82. The minimum absolute atomic E-state index is 0. The summed E-state index contributed by atoms with van der Waals surface area (Å²) < 4.78 is 0.976. The van der Waals surface area contributed by atoms with E-state index < -0.39 is 0 Å². The molecule has 1 heterocycles. The van der Waals surface area contributed by atoms with Crippen molar-refractivity contribution in [2.45, 2.75) is 13.0 Å². The number of hydrogen-bond acceptors (Lipinski definition) is 2. The summed E-state index contributed by atoms with van der Waals surface area (Å²) in [5.41, 5.74) is 4.47. The number of nitrogens with zero attached hydrogens (tertiary/aromatic N) is 1. The standard InChI is InChI=1S/C19H19BrN2O.ClH/c1-22-12-11-16-15(13-22)6-4-8-18(16)21-19(23)10-9-14-5-2-3-7-17(14)20;/h2-10H,11-13H2,1H3,(H,21,23);1H/b10-9+;. The van der Waals surface area contributed by atoms with Crippen molar-refractivity contribution in [1.82, 2.24) is 4.90 Å². The van der Waals surface area contributed by atoms with Crippen LogP contribution in [0.25, 0.3) is 6.08 Å². The summed E-state index contributed by atoms with van der Waals surface area (Å²) in [7, 11) is 2.12. The van der Waals surface area contributed by atoms with Gasteiger partial charge in [0, 0.05) is 29.3 Å². The van der Waals surface area contributed by atoms with Crippen molar-refractivity contribution >= 4 is 46.0 Å². The van der Waals surface area contributed by atoms with Crippen LogP contribution in [0.1, 0.15) is 16.7 Å². The van der Waals surface area contributed by atoms with Gasteiger partial charge in [0.25, 0.3) is 0 Å². The molecule has 2 aromatic rings. The molecule has 0 saturated carbocycles. The van der Waals surface area contributed by atoms with Crippen LogP contribution in [0, 0.1) is 0 Å². The minimum atomic E-state index is -0.104. The molecule has 126 valence electrons. The molecule has 3 nitrogen and oxygen atoms in total. The third-order valence-electron chi connectivity index (χ3n) is 4.03. The second-order valence-corrected chi connectivity index (χ2v) is 6.63. The van der Waals surface area contributed by atoms with E-state index in [0.29, 0.717) is 0 Å². The number of benzene rings is 2. The lowest BCUT2D eigenvalue weighted by atomic mass is 9.98. The maximum atomic E-state index is 12.2. The van der Waals surface area contributed by atoms with Crippen LogP contribution in [0.5, 0.6) is 0 Å². The highest BCUT2D eigenvalue weighted by atomic mass is 79.9. The second-order valence-electron chi connectivity index (χ2n) is 5.78. The molecule has 3 rings (SSSR count). The van der Waals surface area contributed by atoms with Crippen LogP contribution in [0.3, 0.4) is 0 Å². The van der Waals surface area contributed by atoms with Gasteiger partial charge in [-0.2, -0.15) is 0 Å². The lowest BCUT2D eigenvalue weighted by Gasteiger charge is -2.26. The van der Waals surface area contributed by atoms with Crippen molar-refractivity contribution in [2.75, 3.05) is 18.9 Å². The summed E-state index contributed by atoms with van der Waals surface area (Å²) in [6.45, 7) is 1.96. The topological polar surface area (TPSA) is 32.3 Å². The SMILES string of the molecule is CN1CCc2c(cccc2NC(=O)/C=C/c2ccccc2Br)C1.Cl. The van der Waals surface area contributed by atoms with Crippen LogP contribution in [-0.2, 0) is 17.8 Å². The smallest absolute Gasteiger partial charge is 0.248 e. The molecule has 0 radical (unpaired) electrons. The Kier molecular flexibility index (Phi) is 6.60. The monoisotopic (exact) mass is 406 g/mol. The molecule has 1 amide bonds. The van der Waals surface area contributed by atoms with Gasteiger partial charge in [-0.15, -0.1) is 12.4 Å². The van der Waals surface area contributed by atoms with Crippen molar-refractivity contribution in [1.29, 1.82) is 0 Å². The highest BCUT2D eigenvalue weighted by Gasteiger charge is 2.16. The zero-order chi connectivity index (χ0) is 16.2. The predicted molar refractivity (Wildman–Crippen MR) is 106 cm³/mol. The third kappa shape index (κ3) is 4.47. The van der Waals surface area contributed by atoms with E-state index in [1.165, 1.54) is 11.1 Å². The maximum Gasteiger partial charge on any atom is 0.248 e. The Morgan fingerprint density at radius 3 is 2.79 bits per heavy atom. The Morgan fingerprint density at radius 2 is 2.00 bits per heavy atom. The Balaban J connectivity index is 0.00000208. The first-order valence-corrected chi connectivity index (χ1v) is 8.45. The molecular weight excluding hydrogens is 388 g/mol. The van der Waals surface area contributed by atoms with Gasteiger partial charge in [0.05, 0.1) is 0 Å². The molecule has 1 aliphatic rings. The minimum Gasteiger partial charge on any atom is -0.322 e. The first-order valence-electron chi connectivity index (χ1n) is 7.66. The molecule has 0 aromatic heterocycles. The third-order valence-corrected chi connectivity index (χ3v) is 4.76. The largest absolute Gasteiger partial charge is 0.322 e. The number of fused-ring (bicyclic) bond motifs is 1. The summed E-state index contributed by atoms with van der Waals surface area (Å²) in [6, 6.07) is 14.0. The maximum absolute atomic E-state index is 12.2. The van der Waals surface area contributed by atoms with Gasteiger partial charge in [-0.1, -0.05) is 46.3 Å². The molecule has 0 saturated heterocycles. The molecule has 5 heteroatoms. The number of carbonyl (C=O) groups excluding carboxylic acids is 1. The van der Waals surface area contributed by atoms with E-state index in [1.807, 2.05) is 42.5 Å². The fraction of sp³-hybridized carbons (Fsp3) is 0.211. The van der Waals surface area contributed by atoms with Gasteiger partial charge in [0.15, 0.2) is 0 Å². The number of hydrogen-bond donors (Lipinski definition) is 1. The lowest BCUT2D eigenvalue weighted by Crippen LogP contribution is -2.27. The van der Waals surface area contributed by atoms with Crippen LogP contribution in [0.4, 0.5) is 5.69 Å². The number of likely N-dealkylation sites (N-methyl/N-ethyl adjacent to an activating group) is 1. The Morgan fingerprint density at radius 1 is 1.21 bits per heavy atom. The quantitative estimate of drug-likeness (QED) is 0.759. The van der Waals surface area contributed by atoms with Crippen LogP contribution < -0.4 is 5.32 Å². The molecule has 0 unspecified atom stereocenters. The lowest BCUT2D eigenvalue weighted by molar-refractivity contribution is -0.111. The summed E-state index contributed by atoms with van der Waals surface area (Å²) in [6.07, 6.45) is 4.37. The van der Waals surface area contributed by atoms with Gasteiger partial charge in [-0.3, -0.25) is 4.79 Å². The summed E-state index contributed by atoms with van der Waals surface area (Å²) in [5.74, 6) is -0.104. The van der Waals surface area contributed by atoms with Crippen LogP contribution in [-0.4, -0.2) is 24.4 Å². The molecule has 0 bridgehead atoms. The number of carbonyl (C=O) groups is 1. The highest BCUT2D eigenvalue weighted by molar-refractivity contribution is 9.10. The van der Waals surface area contributed by atoms with Gasteiger partial charge >= 0.3 is 0 Å². The van der Waals surface area contributed by atoms with Gasteiger partial charge in [0.2, 0.25) is 5.91 Å². The molecule has 0 aliphatic carbocycles. The van der Waals surface area contributed by atoms with Crippen molar-refractivity contribution < 1.29 is 4.79 Å². The van der Waals surface area contributed by atoms with Crippen molar-refractivity contribution in [3.05, 3.63) is 69.7 Å². The number of anilines is 1. The van der Waals surface area contributed by atoms with Crippen LogP contribution >= 0.6 is 28.3 Å². The first-order chi connectivity index (χ1) is 11.1. The highest BCUT2D eigenvalue weighted by Crippen LogP contribution is 2.25. The van der Waals surface area contributed by atoms with Crippen molar-refractivity contribution in [3.63, 3.8) is 0 Å². The fourth-order valence-corrected chi connectivity index (χ4v) is 3.23. The zero-order valence-electron chi connectivity index (χ0n) is 13.5. The Bertz CT molecular complexity index is 761. The van der Waals surface area contributed by atoms with E-state index in [4.69, 9.17) is 0 Å². The number of nitrogens with one attached hydrogen (secondary N) is 1. The van der Waals surface area contributed by atoms with E-state index >= 15 is 0 Å². The van der Waals surface area contributed by atoms with Crippen molar-refractivity contribution in [2.24, 2.45) is 0 Å². The number of amides is 1. The zero-order valence-corrected chi connectivity index (χ0v) is 15.9. The molecule has 0 atom stereocenters. The number of rotatable bonds is 3. The van der Waals surface area contributed by atoms with E-state index in [-0.39, 0.29) is 18.3 Å². The van der Waals surface area contributed by atoms with E-state index in [2.05, 4.69) is 39.3 Å². The average Bonchev–Trinajstić information content (AvgIpc) is 2.54. The molecule has 1 N–H and O–H groups in total. The van der Waals surface area contributed by atoms with E-state index in [1.54, 1.807) is 6.08 Å². The molecular formula is C19H20BrClN2O. The molecule has 0 fully saturated rings. The first kappa shape index (κ1) is 18.7. The molecule has 0 spiro atoms. The van der Waals surface area contributed by atoms with Gasteiger partial charge in [-0.05, 0) is 48.4 Å². The van der Waals surface area contributed by atoms with Crippen LogP contribution in [0.15, 0.2) is 53.0 Å². The van der Waals surface area contributed by atoms with Gasteiger partial charge in [0.1, 0.15) is 0 Å². The predicted octanol–water partition coefficient (Wildman–Crippen LogP) is 4.51. The number of halogens is 2. The van der Waals surface area contributed by atoms with Crippen LogP contribution in [0.2, 0.25) is 0 Å². The van der Waals surface area contributed by atoms with Crippen molar-refractivity contribution in [3.8, 4) is 0 Å². The average molecular weight is 408 g/mol. The second kappa shape index (κ2) is 8.47. The molecule has 2 aromatic carbocycles. The molecule has 1 aliphatic heterocycles. The van der Waals surface area contributed by atoms with Gasteiger partial charge in [-0.25, -0.2) is 0 Å². The molecule has 24 heavy (non-hydrogen) atoms. The summed E-state index contributed by atoms with van der Waals surface area (Å²) >= 11 is 3.48. The summed E-state index contributed by atoms with van der Waals surface area (Å²) in [5, 5.41) is 3.02.